The van der Waals surface area contributed by atoms with E-state index in [4.69, 9.17) is 18.9 Å². The highest BCUT2D eigenvalue weighted by Crippen LogP contribution is 2.38. The van der Waals surface area contributed by atoms with Crippen molar-refractivity contribution in [1.82, 2.24) is 9.80 Å². The van der Waals surface area contributed by atoms with Gasteiger partial charge < -0.3 is 44.1 Å². The van der Waals surface area contributed by atoms with Crippen molar-refractivity contribution in [3.05, 3.63) is 36.0 Å². The number of ether oxygens (including phenoxy) is 4. The number of hydrogen-bond donors (Lipinski definition) is 3. The zero-order valence-corrected chi connectivity index (χ0v) is 30.5. The number of methoxy groups -OCH3 is 1. The van der Waals surface area contributed by atoms with Crippen LogP contribution in [0.4, 0.5) is 4.79 Å². The molecule has 0 radical (unpaired) electrons. The predicted octanol–water partition coefficient (Wildman–Crippen LogP) is 4.39. The van der Waals surface area contributed by atoms with E-state index in [2.05, 4.69) is 25.7 Å². The molecule has 0 aromatic rings. The SMILES string of the molecule is CCC(OC)C(C)C1OC1CC(C)(O)/C=C/C=C(\C)C1OC(=O)CC(O)CCC(C)(O)C(OC(=O)N2CCCN(CC)CC2)/C=C/C1C. The highest BCUT2D eigenvalue weighted by atomic mass is 16.6. The number of esters is 1. The maximum atomic E-state index is 13.3. The first kappa shape index (κ1) is 40.2. The fourth-order valence-corrected chi connectivity index (χ4v) is 6.83. The predicted molar refractivity (Wildman–Crippen MR) is 184 cm³/mol. The van der Waals surface area contributed by atoms with Crippen molar-refractivity contribution in [2.75, 3.05) is 39.8 Å². The monoisotopic (exact) mass is 678 g/mol. The van der Waals surface area contributed by atoms with Crippen molar-refractivity contribution in [1.29, 1.82) is 0 Å². The smallest absolute Gasteiger partial charge is 0.410 e. The third kappa shape index (κ3) is 11.9. The lowest BCUT2D eigenvalue weighted by atomic mass is 9.88. The second-order valence-corrected chi connectivity index (χ2v) is 14.5. The molecule has 10 atom stereocenters. The Morgan fingerprint density at radius 1 is 1.23 bits per heavy atom. The van der Waals surface area contributed by atoms with E-state index in [1.54, 1.807) is 56.2 Å². The van der Waals surface area contributed by atoms with Crippen molar-refractivity contribution in [2.45, 2.75) is 135 Å². The van der Waals surface area contributed by atoms with Crippen LogP contribution in [0.2, 0.25) is 0 Å². The lowest BCUT2D eigenvalue weighted by Crippen LogP contribution is -2.45. The largest absolute Gasteiger partial charge is 0.457 e. The first-order valence-corrected chi connectivity index (χ1v) is 17.8. The third-order valence-corrected chi connectivity index (χ3v) is 10.2. The molecule has 1 amide bonds. The molecule has 3 aliphatic rings. The molecule has 0 aromatic carbocycles. The number of amides is 1. The summed E-state index contributed by atoms with van der Waals surface area (Å²) in [6.45, 7) is 17.1. The van der Waals surface area contributed by atoms with E-state index in [1.807, 2.05) is 13.8 Å². The number of cyclic esters (lactones) is 1. The summed E-state index contributed by atoms with van der Waals surface area (Å²) < 4.78 is 23.3. The van der Waals surface area contributed by atoms with Crippen molar-refractivity contribution < 1.29 is 43.9 Å². The van der Waals surface area contributed by atoms with Crippen LogP contribution in [0.3, 0.4) is 0 Å². The molecule has 2 fully saturated rings. The number of epoxide rings is 1. The van der Waals surface area contributed by atoms with Gasteiger partial charge in [-0.2, -0.15) is 0 Å². The minimum atomic E-state index is -1.48. The van der Waals surface area contributed by atoms with E-state index in [0.717, 1.165) is 38.0 Å². The molecule has 11 nitrogen and oxygen atoms in total. The molecule has 3 heterocycles. The number of nitrogens with zero attached hydrogens (tertiary/aromatic N) is 2. The van der Waals surface area contributed by atoms with Crippen LogP contribution in [0, 0.1) is 11.8 Å². The summed E-state index contributed by atoms with van der Waals surface area (Å²) in [5.74, 6) is -0.684. The van der Waals surface area contributed by atoms with Crippen molar-refractivity contribution in [3.8, 4) is 0 Å². The first-order chi connectivity index (χ1) is 22.6. The molecule has 0 saturated carbocycles. The Morgan fingerprint density at radius 2 is 1.96 bits per heavy atom. The van der Waals surface area contributed by atoms with Crippen LogP contribution in [0.25, 0.3) is 0 Å². The zero-order valence-electron chi connectivity index (χ0n) is 30.5. The van der Waals surface area contributed by atoms with Crippen LogP contribution < -0.4 is 0 Å². The Bertz CT molecular complexity index is 1130. The van der Waals surface area contributed by atoms with Gasteiger partial charge in [0.25, 0.3) is 0 Å². The maximum absolute atomic E-state index is 13.3. The Kier molecular flexibility index (Phi) is 15.1. The van der Waals surface area contributed by atoms with Gasteiger partial charge in [-0.15, -0.1) is 0 Å². The minimum Gasteiger partial charge on any atom is -0.457 e. The number of likely N-dealkylation sites (N-methyl/N-ethyl adjacent to an activating group) is 1. The first-order valence-electron chi connectivity index (χ1n) is 17.8. The number of allylic oxidation sites excluding steroid dienone is 2. The number of aliphatic hydroxyl groups is 3. The van der Waals surface area contributed by atoms with Gasteiger partial charge in [0.15, 0.2) is 6.10 Å². The van der Waals surface area contributed by atoms with E-state index < -0.39 is 41.6 Å². The highest BCUT2D eigenvalue weighted by Gasteiger charge is 2.47. The van der Waals surface area contributed by atoms with Crippen LogP contribution in [-0.4, -0.2) is 125 Å². The van der Waals surface area contributed by atoms with Crippen LogP contribution >= 0.6 is 0 Å². The zero-order chi connectivity index (χ0) is 35.6. The Morgan fingerprint density at radius 3 is 2.62 bits per heavy atom. The molecule has 0 spiro atoms. The van der Waals surface area contributed by atoms with Crippen molar-refractivity contribution in [2.24, 2.45) is 11.8 Å². The molecule has 0 bridgehead atoms. The highest BCUT2D eigenvalue weighted by molar-refractivity contribution is 5.70. The molecule has 3 N–H and O–H groups in total. The molecule has 3 rings (SSSR count). The van der Waals surface area contributed by atoms with E-state index in [0.29, 0.717) is 19.5 Å². The van der Waals surface area contributed by atoms with Gasteiger partial charge in [0.2, 0.25) is 0 Å². The number of carbonyl (C=O) groups excluding carboxylic acids is 2. The lowest BCUT2D eigenvalue weighted by Gasteiger charge is -2.34. The number of rotatable bonds is 11. The summed E-state index contributed by atoms with van der Waals surface area (Å²) in [4.78, 5) is 30.1. The lowest BCUT2D eigenvalue weighted by molar-refractivity contribution is -0.151. The van der Waals surface area contributed by atoms with Gasteiger partial charge in [-0.3, -0.25) is 4.79 Å². The van der Waals surface area contributed by atoms with Gasteiger partial charge >= 0.3 is 12.1 Å². The van der Waals surface area contributed by atoms with Crippen LogP contribution in [0.1, 0.15) is 87.0 Å². The molecule has 10 unspecified atom stereocenters. The average Bonchev–Trinajstić information content (AvgIpc) is 3.82. The Balaban J connectivity index is 1.74. The summed E-state index contributed by atoms with van der Waals surface area (Å²) >= 11 is 0. The third-order valence-electron chi connectivity index (χ3n) is 10.2. The molecular formula is C37H62N2O9. The van der Waals surface area contributed by atoms with Gasteiger partial charge in [-0.05, 0) is 71.2 Å². The summed E-state index contributed by atoms with van der Waals surface area (Å²) in [6.07, 6.45) is 7.84. The van der Waals surface area contributed by atoms with Crippen molar-refractivity contribution >= 4 is 12.1 Å². The van der Waals surface area contributed by atoms with Crippen LogP contribution in [-0.2, 0) is 23.7 Å². The minimum absolute atomic E-state index is 0.0466. The van der Waals surface area contributed by atoms with E-state index >= 15 is 0 Å². The molecule has 0 aliphatic carbocycles. The molecule has 0 aromatic heterocycles. The summed E-state index contributed by atoms with van der Waals surface area (Å²) in [5, 5.41) is 33.2. The van der Waals surface area contributed by atoms with Crippen LogP contribution in [0.5, 0.6) is 0 Å². The molecule has 48 heavy (non-hydrogen) atoms. The van der Waals surface area contributed by atoms with Gasteiger partial charge in [-0.25, -0.2) is 4.79 Å². The van der Waals surface area contributed by atoms with Gasteiger partial charge in [0.1, 0.15) is 11.7 Å². The number of aliphatic hydroxyl groups excluding tert-OH is 1. The van der Waals surface area contributed by atoms with E-state index in [9.17, 15) is 24.9 Å². The number of hydrogen-bond acceptors (Lipinski definition) is 10. The average molecular weight is 679 g/mol. The Hall–Kier alpha value is -2.28. The second-order valence-electron chi connectivity index (χ2n) is 14.5. The summed E-state index contributed by atoms with van der Waals surface area (Å²) in [5.41, 5.74) is -1.87. The quantitative estimate of drug-likeness (QED) is 0.125. The standard InChI is InChI=1S/C37H62N2O9/c1-9-29(45-8)27(5)34-30(46-34)24-36(6,43)17-11-13-25(3)33-26(4)14-15-31(37(7,44)18-16-28(40)23-32(41)48-33)47-35(42)39-20-12-19-38(10-2)21-22-39/h11,13-15,17,26-31,33-34,40,43-44H,9-10,12,16,18-24H2,1-8H3/b15-14+,17-11+,25-13+. The second kappa shape index (κ2) is 18.1. The summed E-state index contributed by atoms with van der Waals surface area (Å²) in [6, 6.07) is 0. The fourth-order valence-electron chi connectivity index (χ4n) is 6.83. The maximum Gasteiger partial charge on any atom is 0.410 e. The van der Waals surface area contributed by atoms with Crippen LogP contribution in [0.15, 0.2) is 36.0 Å². The van der Waals surface area contributed by atoms with Gasteiger partial charge in [0, 0.05) is 45.0 Å². The molecule has 11 heteroatoms. The number of carbonyl (C=O) groups is 2. The van der Waals surface area contributed by atoms with E-state index in [1.165, 1.54) is 0 Å². The molecular weight excluding hydrogens is 616 g/mol. The van der Waals surface area contributed by atoms with E-state index in [-0.39, 0.29) is 49.4 Å². The normalized spacial score (nSPS) is 34.6. The Labute approximate surface area is 287 Å². The topological polar surface area (TPSA) is 142 Å². The molecule has 3 aliphatic heterocycles. The molecule has 274 valence electrons. The molecule has 2 saturated heterocycles. The fraction of sp³-hybridized carbons (Fsp3) is 0.784. The summed E-state index contributed by atoms with van der Waals surface area (Å²) in [7, 11) is 1.71. The van der Waals surface area contributed by atoms with Crippen molar-refractivity contribution in [3.63, 3.8) is 0 Å². The van der Waals surface area contributed by atoms with Gasteiger partial charge in [0.05, 0.1) is 36.4 Å². The van der Waals surface area contributed by atoms with Gasteiger partial charge in [-0.1, -0.05) is 52.0 Å².